The molecule has 0 aliphatic heterocycles. The van der Waals surface area contributed by atoms with E-state index < -0.39 is 5.97 Å². The van der Waals surface area contributed by atoms with Crippen molar-refractivity contribution in [3.63, 3.8) is 0 Å². The SMILES string of the molecule is CSc1cccc(Nc2ccc(N)c(C(=O)O)c2)c1. The van der Waals surface area contributed by atoms with E-state index in [0.717, 1.165) is 10.6 Å². The number of aromatic carboxylic acids is 1. The minimum absolute atomic E-state index is 0.103. The Hall–Kier alpha value is -2.14. The molecule has 4 nitrogen and oxygen atoms in total. The molecule has 0 radical (unpaired) electrons. The highest BCUT2D eigenvalue weighted by molar-refractivity contribution is 7.98. The van der Waals surface area contributed by atoms with Crippen LogP contribution in [0.2, 0.25) is 0 Å². The van der Waals surface area contributed by atoms with Gasteiger partial charge in [-0.15, -0.1) is 11.8 Å². The molecule has 2 aromatic carbocycles. The third-order valence-electron chi connectivity index (χ3n) is 2.64. The fourth-order valence-electron chi connectivity index (χ4n) is 1.69. The molecule has 0 fully saturated rings. The number of carboxylic acids is 1. The fourth-order valence-corrected chi connectivity index (χ4v) is 2.15. The molecular formula is C14H14N2O2S. The highest BCUT2D eigenvalue weighted by atomic mass is 32.2. The number of nitrogens with one attached hydrogen (secondary N) is 1. The molecule has 98 valence electrons. The summed E-state index contributed by atoms with van der Waals surface area (Å²) < 4.78 is 0. The number of carbonyl (C=O) groups is 1. The summed E-state index contributed by atoms with van der Waals surface area (Å²) in [5, 5.41) is 12.2. The van der Waals surface area contributed by atoms with Gasteiger partial charge in [0.25, 0.3) is 0 Å². The standard InChI is InChI=1S/C14H14N2O2S/c1-19-11-4-2-3-9(7-11)16-10-5-6-13(15)12(8-10)14(17)18/h2-8,16H,15H2,1H3,(H,17,18). The van der Waals surface area contributed by atoms with Crippen LogP contribution in [0.15, 0.2) is 47.4 Å². The Labute approximate surface area is 115 Å². The highest BCUT2D eigenvalue weighted by Gasteiger charge is 2.08. The minimum atomic E-state index is -1.03. The summed E-state index contributed by atoms with van der Waals surface area (Å²) in [6, 6.07) is 12.8. The van der Waals surface area contributed by atoms with Crippen molar-refractivity contribution in [1.29, 1.82) is 0 Å². The number of hydrogen-bond acceptors (Lipinski definition) is 4. The molecule has 2 aromatic rings. The second-order valence-electron chi connectivity index (χ2n) is 3.96. The second-order valence-corrected chi connectivity index (χ2v) is 4.84. The number of carboxylic acid groups (broad SMARTS) is 1. The summed E-state index contributed by atoms with van der Waals surface area (Å²) in [6.45, 7) is 0. The van der Waals surface area contributed by atoms with Crippen LogP contribution in [0.1, 0.15) is 10.4 Å². The Morgan fingerprint density at radius 3 is 2.63 bits per heavy atom. The number of hydrogen-bond donors (Lipinski definition) is 3. The summed E-state index contributed by atoms with van der Waals surface area (Å²) in [5.74, 6) is -1.03. The molecule has 4 N–H and O–H groups in total. The summed E-state index contributed by atoms with van der Waals surface area (Å²) >= 11 is 1.65. The molecule has 5 heteroatoms. The molecule has 0 spiro atoms. The number of nitrogens with two attached hydrogens (primary N) is 1. The molecule has 0 heterocycles. The van der Waals surface area contributed by atoms with Crippen LogP contribution in [0.3, 0.4) is 0 Å². The second kappa shape index (κ2) is 5.67. The normalized spacial score (nSPS) is 10.2. The van der Waals surface area contributed by atoms with Crippen LogP contribution in [-0.2, 0) is 0 Å². The molecular weight excluding hydrogens is 260 g/mol. The van der Waals surface area contributed by atoms with E-state index in [4.69, 9.17) is 10.8 Å². The zero-order valence-corrected chi connectivity index (χ0v) is 11.2. The smallest absolute Gasteiger partial charge is 0.337 e. The topological polar surface area (TPSA) is 75.3 Å². The number of rotatable bonds is 4. The molecule has 19 heavy (non-hydrogen) atoms. The number of benzene rings is 2. The third-order valence-corrected chi connectivity index (χ3v) is 3.37. The Bertz CT molecular complexity index is 614. The zero-order valence-electron chi connectivity index (χ0n) is 10.4. The molecule has 0 bridgehead atoms. The van der Waals surface area contributed by atoms with Gasteiger partial charge in [0.05, 0.1) is 5.56 Å². The first kappa shape index (κ1) is 13.3. The quantitative estimate of drug-likeness (QED) is 0.588. The van der Waals surface area contributed by atoms with Crippen molar-refractivity contribution in [2.45, 2.75) is 4.90 Å². The van der Waals surface area contributed by atoms with Gasteiger partial charge in [-0.2, -0.15) is 0 Å². The maximum absolute atomic E-state index is 11.0. The van der Waals surface area contributed by atoms with Gasteiger partial charge in [0.1, 0.15) is 0 Å². The van der Waals surface area contributed by atoms with Crippen molar-refractivity contribution < 1.29 is 9.90 Å². The minimum Gasteiger partial charge on any atom is -0.478 e. The molecule has 2 rings (SSSR count). The third kappa shape index (κ3) is 3.20. The van der Waals surface area contributed by atoms with Gasteiger partial charge < -0.3 is 16.2 Å². The van der Waals surface area contributed by atoms with Crippen molar-refractivity contribution in [2.24, 2.45) is 0 Å². The Kier molecular flexibility index (Phi) is 3.97. The highest BCUT2D eigenvalue weighted by Crippen LogP contribution is 2.24. The van der Waals surface area contributed by atoms with Gasteiger partial charge in [-0.3, -0.25) is 0 Å². The molecule has 0 aromatic heterocycles. The van der Waals surface area contributed by atoms with Crippen molar-refractivity contribution >= 4 is 34.8 Å². The van der Waals surface area contributed by atoms with E-state index in [-0.39, 0.29) is 11.3 Å². The first-order valence-corrected chi connectivity index (χ1v) is 6.86. The van der Waals surface area contributed by atoms with Crippen molar-refractivity contribution in [1.82, 2.24) is 0 Å². The Balaban J connectivity index is 2.28. The van der Waals surface area contributed by atoms with Crippen LogP contribution < -0.4 is 11.1 Å². The van der Waals surface area contributed by atoms with Gasteiger partial charge in [0.2, 0.25) is 0 Å². The first-order valence-electron chi connectivity index (χ1n) is 5.64. The van der Waals surface area contributed by atoms with Crippen LogP contribution in [-0.4, -0.2) is 17.3 Å². The van der Waals surface area contributed by atoms with E-state index in [1.54, 1.807) is 23.9 Å². The van der Waals surface area contributed by atoms with Gasteiger partial charge in [-0.05, 0) is 42.7 Å². The lowest BCUT2D eigenvalue weighted by Gasteiger charge is -2.09. The Morgan fingerprint density at radius 2 is 1.95 bits per heavy atom. The lowest BCUT2D eigenvalue weighted by molar-refractivity contribution is 0.0698. The van der Waals surface area contributed by atoms with Gasteiger partial charge >= 0.3 is 5.97 Å². The molecule has 0 atom stereocenters. The molecule has 0 saturated carbocycles. The van der Waals surface area contributed by atoms with E-state index in [1.807, 2.05) is 30.5 Å². The summed E-state index contributed by atoms with van der Waals surface area (Å²) in [4.78, 5) is 12.2. The average molecular weight is 274 g/mol. The van der Waals surface area contributed by atoms with Crippen LogP contribution >= 0.6 is 11.8 Å². The van der Waals surface area contributed by atoms with E-state index in [0.29, 0.717) is 5.69 Å². The molecule has 0 aliphatic carbocycles. The van der Waals surface area contributed by atoms with E-state index >= 15 is 0 Å². The van der Waals surface area contributed by atoms with Crippen molar-refractivity contribution in [3.05, 3.63) is 48.0 Å². The lowest BCUT2D eigenvalue weighted by Crippen LogP contribution is -2.03. The average Bonchev–Trinajstić information content (AvgIpc) is 2.41. The largest absolute Gasteiger partial charge is 0.478 e. The van der Waals surface area contributed by atoms with Gasteiger partial charge in [0.15, 0.2) is 0 Å². The van der Waals surface area contributed by atoms with E-state index in [2.05, 4.69) is 5.32 Å². The first-order chi connectivity index (χ1) is 9.10. The van der Waals surface area contributed by atoms with Crippen LogP contribution in [0.4, 0.5) is 17.1 Å². The maximum atomic E-state index is 11.0. The lowest BCUT2D eigenvalue weighted by atomic mass is 10.1. The fraction of sp³-hybridized carbons (Fsp3) is 0.0714. The summed E-state index contributed by atoms with van der Waals surface area (Å²) in [5.41, 5.74) is 7.59. The van der Waals surface area contributed by atoms with Crippen molar-refractivity contribution in [3.8, 4) is 0 Å². The number of thioether (sulfide) groups is 1. The monoisotopic (exact) mass is 274 g/mol. The predicted octanol–water partition coefficient (Wildman–Crippen LogP) is 3.43. The van der Waals surface area contributed by atoms with Crippen molar-refractivity contribution in [2.75, 3.05) is 17.3 Å². The zero-order chi connectivity index (χ0) is 13.8. The molecule has 0 amide bonds. The Morgan fingerprint density at radius 1 is 1.21 bits per heavy atom. The van der Waals surface area contributed by atoms with Gasteiger partial charge in [-0.1, -0.05) is 6.07 Å². The van der Waals surface area contributed by atoms with E-state index in [9.17, 15) is 4.79 Å². The summed E-state index contributed by atoms with van der Waals surface area (Å²) in [6.07, 6.45) is 2.00. The van der Waals surface area contributed by atoms with Gasteiger partial charge in [0, 0.05) is 22.0 Å². The van der Waals surface area contributed by atoms with Crippen LogP contribution in [0.5, 0.6) is 0 Å². The van der Waals surface area contributed by atoms with E-state index in [1.165, 1.54) is 6.07 Å². The maximum Gasteiger partial charge on any atom is 0.337 e. The van der Waals surface area contributed by atoms with Crippen LogP contribution in [0, 0.1) is 0 Å². The number of anilines is 3. The van der Waals surface area contributed by atoms with Gasteiger partial charge in [-0.25, -0.2) is 4.79 Å². The predicted molar refractivity (Wildman–Crippen MR) is 79.3 cm³/mol. The molecule has 0 aliphatic rings. The molecule has 0 unspecified atom stereocenters. The number of nitrogen functional groups attached to an aromatic ring is 1. The molecule has 0 saturated heterocycles. The van der Waals surface area contributed by atoms with Crippen LogP contribution in [0.25, 0.3) is 0 Å². The summed E-state index contributed by atoms with van der Waals surface area (Å²) in [7, 11) is 0.